The fourth-order valence-electron chi connectivity index (χ4n) is 6.47. The second-order valence-corrected chi connectivity index (χ2v) is 12.5. The Hall–Kier alpha value is -5.80. The molecule has 1 aliphatic heterocycles. The fraction of sp³-hybridized carbons (Fsp3) is 0.256. The maximum Gasteiger partial charge on any atom is 0.330 e. The van der Waals surface area contributed by atoms with Crippen LogP contribution in [0.25, 0.3) is 0 Å². The van der Waals surface area contributed by atoms with Crippen molar-refractivity contribution >= 4 is 5.97 Å². The van der Waals surface area contributed by atoms with Gasteiger partial charge in [-0.15, -0.1) is 0 Å². The van der Waals surface area contributed by atoms with E-state index in [0.29, 0.717) is 28.2 Å². The minimum Gasteiger partial charge on any atom is -0.497 e. The highest BCUT2D eigenvalue weighted by Gasteiger charge is 2.43. The topological polar surface area (TPSA) is 118 Å². The summed E-state index contributed by atoms with van der Waals surface area (Å²) in [5.74, 6) is -14.5. The number of benzene rings is 4. The smallest absolute Gasteiger partial charge is 0.330 e. The van der Waals surface area contributed by atoms with Crippen LogP contribution in [0, 0.1) is 41.9 Å². The number of carbonyl (C=O) groups is 1. The molecule has 282 valence electrons. The molecule has 1 saturated heterocycles. The van der Waals surface area contributed by atoms with Gasteiger partial charge in [0.05, 0.1) is 33.4 Å². The summed E-state index contributed by atoms with van der Waals surface area (Å²) < 4.78 is 100. The summed E-state index contributed by atoms with van der Waals surface area (Å²) in [7, 11) is 3.05. The van der Waals surface area contributed by atoms with Gasteiger partial charge in [-0.3, -0.25) is 19.1 Å². The van der Waals surface area contributed by atoms with Crippen molar-refractivity contribution < 1.29 is 50.4 Å². The minimum absolute atomic E-state index is 0.0883. The van der Waals surface area contributed by atoms with Crippen LogP contribution in [-0.4, -0.2) is 42.5 Å². The predicted molar refractivity (Wildman–Crippen MR) is 183 cm³/mol. The van der Waals surface area contributed by atoms with Crippen molar-refractivity contribution in [1.29, 1.82) is 0 Å². The van der Waals surface area contributed by atoms with E-state index in [9.17, 15) is 36.3 Å². The quantitative estimate of drug-likeness (QED) is 0.0385. The van der Waals surface area contributed by atoms with Crippen LogP contribution < -0.4 is 25.5 Å². The average molecular weight is 753 g/mol. The van der Waals surface area contributed by atoms with Crippen molar-refractivity contribution in [2.45, 2.75) is 37.7 Å². The number of rotatable bonds is 12. The molecule has 2 heterocycles. The van der Waals surface area contributed by atoms with Gasteiger partial charge >= 0.3 is 11.7 Å². The van der Waals surface area contributed by atoms with Crippen molar-refractivity contribution in [3.8, 4) is 17.2 Å². The third kappa shape index (κ3) is 7.24. The Morgan fingerprint density at radius 3 is 1.85 bits per heavy atom. The molecule has 1 N–H and O–H groups in total. The Morgan fingerprint density at radius 2 is 1.31 bits per heavy atom. The molecule has 0 spiro atoms. The third-order valence-electron chi connectivity index (χ3n) is 9.27. The van der Waals surface area contributed by atoms with E-state index in [1.807, 2.05) is 54.6 Å². The summed E-state index contributed by atoms with van der Waals surface area (Å²) in [6.07, 6.45) is -1.60. The zero-order chi connectivity index (χ0) is 38.7. The van der Waals surface area contributed by atoms with Crippen molar-refractivity contribution in [3.05, 3.63) is 157 Å². The molecule has 15 heteroatoms. The van der Waals surface area contributed by atoms with Crippen LogP contribution in [0.15, 0.2) is 94.6 Å². The molecule has 10 nitrogen and oxygen atoms in total. The van der Waals surface area contributed by atoms with E-state index in [1.165, 1.54) is 27.3 Å². The van der Waals surface area contributed by atoms with Crippen LogP contribution in [0.3, 0.4) is 0 Å². The number of methoxy groups -OCH3 is 2. The Morgan fingerprint density at radius 1 is 0.796 bits per heavy atom. The second-order valence-electron chi connectivity index (χ2n) is 12.5. The molecule has 5 aromatic rings. The van der Waals surface area contributed by atoms with Crippen LogP contribution in [0.2, 0.25) is 0 Å². The van der Waals surface area contributed by atoms with E-state index in [-0.39, 0.29) is 18.6 Å². The number of aryl methyl sites for hydroxylation is 1. The van der Waals surface area contributed by atoms with Crippen LogP contribution in [0.1, 0.15) is 41.3 Å². The lowest BCUT2D eigenvalue weighted by molar-refractivity contribution is -0.137. The first-order valence-corrected chi connectivity index (χ1v) is 16.6. The van der Waals surface area contributed by atoms with Gasteiger partial charge in [0.25, 0.3) is 5.56 Å². The van der Waals surface area contributed by atoms with Crippen molar-refractivity contribution in [1.82, 2.24) is 9.55 Å². The molecule has 4 aromatic carbocycles. The highest BCUT2D eigenvalue weighted by atomic mass is 19.2. The molecule has 1 fully saturated rings. The largest absolute Gasteiger partial charge is 0.497 e. The molecule has 3 atom stereocenters. The lowest BCUT2D eigenvalue weighted by Crippen LogP contribution is -2.37. The normalized spacial score (nSPS) is 17.0. The van der Waals surface area contributed by atoms with E-state index < -0.39 is 82.3 Å². The maximum atomic E-state index is 14.5. The van der Waals surface area contributed by atoms with Gasteiger partial charge in [-0.2, -0.15) is 8.78 Å². The lowest BCUT2D eigenvalue weighted by atomic mass is 9.80. The van der Waals surface area contributed by atoms with Gasteiger partial charge in [0.1, 0.15) is 23.3 Å². The van der Waals surface area contributed by atoms with E-state index in [2.05, 4.69) is 4.98 Å². The fourth-order valence-corrected chi connectivity index (χ4v) is 6.47. The third-order valence-corrected chi connectivity index (χ3v) is 9.27. The number of esters is 1. The van der Waals surface area contributed by atoms with Gasteiger partial charge in [-0.05, 0) is 54.3 Å². The first-order valence-electron chi connectivity index (χ1n) is 16.6. The first-order chi connectivity index (χ1) is 25.9. The predicted octanol–water partition coefficient (Wildman–Crippen LogP) is 6.47. The SMILES string of the molecule is COc1ccc(C(OC[C@H]2O[C@@H](n3cc(C)c(=O)[nH]c3=O)C[C@@H]2CC(=O)Oc2c(F)c(F)c(F)c(F)c2F)(c2ccccc2)c2ccc(OC)cc2)cc1. The van der Waals surface area contributed by atoms with Crippen molar-refractivity contribution in [3.63, 3.8) is 0 Å². The van der Waals surface area contributed by atoms with Crippen LogP contribution in [0.4, 0.5) is 22.0 Å². The standard InChI is InChI=1S/C39H33F5N2O8/c1-21-19-46(38(49)45-37(21)48)29-17-22(18-30(47)54-36-34(43)32(41)31(40)33(42)35(36)44)28(53-29)20-52-39(23-7-5-4-6-8-23,24-9-13-26(50-2)14-10-24)25-11-15-27(51-3)16-12-25/h4-16,19,22,28-29H,17-18,20H2,1-3H3,(H,45,48,49)/t22-,28-,29-/m1/s1. The molecule has 0 radical (unpaired) electrons. The number of H-pyrrole nitrogens is 1. The molecule has 54 heavy (non-hydrogen) atoms. The van der Waals surface area contributed by atoms with E-state index >= 15 is 0 Å². The van der Waals surface area contributed by atoms with Gasteiger partial charge in [-0.1, -0.05) is 54.6 Å². The number of hydrogen-bond donors (Lipinski definition) is 1. The number of hydrogen-bond acceptors (Lipinski definition) is 8. The minimum atomic E-state index is -2.41. The van der Waals surface area contributed by atoms with Gasteiger partial charge in [0.15, 0.2) is 0 Å². The summed E-state index contributed by atoms with van der Waals surface area (Å²) in [4.78, 5) is 40.4. The first kappa shape index (κ1) is 37.9. The molecule has 0 amide bonds. The molecule has 1 aromatic heterocycles. The van der Waals surface area contributed by atoms with Crippen molar-refractivity contribution in [2.24, 2.45) is 5.92 Å². The summed E-state index contributed by atoms with van der Waals surface area (Å²) >= 11 is 0. The lowest BCUT2D eigenvalue weighted by Gasteiger charge is -2.37. The van der Waals surface area contributed by atoms with Gasteiger partial charge in [-0.25, -0.2) is 18.0 Å². The summed E-state index contributed by atoms with van der Waals surface area (Å²) in [6.45, 7) is 1.20. The Bertz CT molecular complexity index is 2190. The molecule has 0 saturated carbocycles. The summed E-state index contributed by atoms with van der Waals surface area (Å²) in [5.41, 5.74) is -0.605. The Labute approximate surface area is 304 Å². The van der Waals surface area contributed by atoms with Crippen LogP contribution >= 0.6 is 0 Å². The zero-order valence-corrected chi connectivity index (χ0v) is 29.0. The summed E-state index contributed by atoms with van der Waals surface area (Å²) in [6, 6.07) is 23.5. The Kier molecular flexibility index (Phi) is 11.0. The highest BCUT2D eigenvalue weighted by molar-refractivity contribution is 5.73. The van der Waals surface area contributed by atoms with E-state index in [0.717, 1.165) is 4.57 Å². The molecular weight excluding hydrogens is 719 g/mol. The number of ether oxygens (including phenoxy) is 5. The number of carbonyl (C=O) groups excluding carboxylic acids is 1. The monoisotopic (exact) mass is 752 g/mol. The molecule has 0 aliphatic carbocycles. The zero-order valence-electron chi connectivity index (χ0n) is 29.0. The molecule has 1 aliphatic rings. The van der Waals surface area contributed by atoms with Gasteiger partial charge < -0.3 is 23.7 Å². The molecule has 0 bridgehead atoms. The Balaban J connectivity index is 1.40. The molecule has 6 rings (SSSR count). The van der Waals surface area contributed by atoms with E-state index in [1.54, 1.807) is 24.3 Å². The number of nitrogens with zero attached hydrogens (tertiary/aromatic N) is 1. The van der Waals surface area contributed by atoms with Crippen LogP contribution in [0.5, 0.6) is 17.2 Å². The van der Waals surface area contributed by atoms with Crippen molar-refractivity contribution in [2.75, 3.05) is 20.8 Å². The maximum absolute atomic E-state index is 14.5. The summed E-state index contributed by atoms with van der Waals surface area (Å²) in [5, 5.41) is 0. The number of aromatic amines is 1. The number of nitrogens with one attached hydrogen (secondary N) is 1. The molecular formula is C39H33F5N2O8. The van der Waals surface area contributed by atoms with Crippen LogP contribution in [-0.2, 0) is 19.9 Å². The average Bonchev–Trinajstić information content (AvgIpc) is 3.59. The second kappa shape index (κ2) is 15.7. The number of halogens is 5. The van der Waals surface area contributed by atoms with E-state index in [4.69, 9.17) is 23.7 Å². The number of aromatic nitrogens is 2. The molecule has 0 unspecified atom stereocenters. The van der Waals surface area contributed by atoms with Gasteiger partial charge in [0.2, 0.25) is 34.8 Å². The van der Waals surface area contributed by atoms with Gasteiger partial charge in [0, 0.05) is 17.7 Å². The highest BCUT2D eigenvalue weighted by Crippen LogP contribution is 2.44.